The van der Waals surface area contributed by atoms with Crippen molar-refractivity contribution in [2.75, 3.05) is 5.75 Å². The first-order chi connectivity index (χ1) is 18.3. The Morgan fingerprint density at radius 3 is 2.58 bits per heavy atom. The van der Waals surface area contributed by atoms with Gasteiger partial charge in [-0.2, -0.15) is 11.8 Å². The van der Waals surface area contributed by atoms with Gasteiger partial charge in [-0.25, -0.2) is 4.98 Å². The van der Waals surface area contributed by atoms with Crippen LogP contribution in [0, 0.1) is 5.92 Å². The van der Waals surface area contributed by atoms with Crippen LogP contribution in [0.3, 0.4) is 0 Å². The number of ketones is 1. The number of carboxylic acid groups (broad SMARTS) is 1. The lowest BCUT2D eigenvalue weighted by molar-refractivity contribution is -0.140. The van der Waals surface area contributed by atoms with Crippen LogP contribution in [0.25, 0.3) is 23.1 Å². The van der Waals surface area contributed by atoms with Crippen LogP contribution in [-0.2, 0) is 11.2 Å². The van der Waals surface area contributed by atoms with E-state index in [-0.39, 0.29) is 11.0 Å². The molecule has 6 heteroatoms. The van der Waals surface area contributed by atoms with Crippen molar-refractivity contribution >= 4 is 58.2 Å². The highest BCUT2D eigenvalue weighted by molar-refractivity contribution is 7.99. The number of aliphatic carboxylic acids is 1. The highest BCUT2D eigenvalue weighted by Gasteiger charge is 2.18. The Labute approximate surface area is 232 Å². The summed E-state index contributed by atoms with van der Waals surface area (Å²) in [4.78, 5) is 28.3. The number of aromatic nitrogens is 1. The standard InChI is InChI=1S/C32H30ClNO3S/c1-21(32(36)37)20-38-31(17-13-24-7-3-4-9-29(24)22(2)35)26-8-5-6-23(18-26)10-15-28-16-12-25-11-14-27(33)19-30(25)34-28/h3-12,14-16,18-19,21,31H,13,17,20H2,1-2H3,(H,36,37)/b15-10+/t21-,31+/m1/s1. The summed E-state index contributed by atoms with van der Waals surface area (Å²) in [5, 5.41) is 11.2. The summed E-state index contributed by atoms with van der Waals surface area (Å²) < 4.78 is 0. The number of pyridine rings is 1. The molecule has 0 saturated heterocycles. The number of rotatable bonds is 11. The smallest absolute Gasteiger partial charge is 0.307 e. The zero-order valence-corrected chi connectivity index (χ0v) is 23.0. The maximum Gasteiger partial charge on any atom is 0.307 e. The third-order valence-electron chi connectivity index (χ3n) is 6.45. The summed E-state index contributed by atoms with van der Waals surface area (Å²) in [7, 11) is 0. The third-order valence-corrected chi connectivity index (χ3v) is 8.28. The molecule has 0 spiro atoms. The molecule has 194 valence electrons. The third kappa shape index (κ3) is 7.33. The Balaban J connectivity index is 1.56. The van der Waals surface area contributed by atoms with E-state index >= 15 is 0 Å². The Bertz CT molecular complexity index is 1480. The van der Waals surface area contributed by atoms with Crippen LogP contribution < -0.4 is 0 Å². The zero-order chi connectivity index (χ0) is 27.1. The first-order valence-corrected chi connectivity index (χ1v) is 14.0. The van der Waals surface area contributed by atoms with E-state index in [9.17, 15) is 14.7 Å². The molecule has 4 rings (SSSR count). The number of Topliss-reactive ketones (excluding diaryl/α,β-unsaturated/α-hetero) is 1. The molecule has 0 aliphatic rings. The lowest BCUT2D eigenvalue weighted by Gasteiger charge is -2.19. The fraction of sp³-hybridized carbons (Fsp3) is 0.219. The summed E-state index contributed by atoms with van der Waals surface area (Å²) >= 11 is 7.79. The van der Waals surface area contributed by atoms with Crippen LogP contribution in [0.5, 0.6) is 0 Å². The number of nitrogens with zero attached hydrogens (tertiary/aromatic N) is 1. The molecule has 0 radical (unpaired) electrons. The average molecular weight is 544 g/mol. The molecule has 0 saturated carbocycles. The Kier molecular flexibility index (Phi) is 9.38. The lowest BCUT2D eigenvalue weighted by Crippen LogP contribution is -2.13. The fourth-order valence-electron chi connectivity index (χ4n) is 4.29. The van der Waals surface area contributed by atoms with E-state index in [1.807, 2.05) is 78.9 Å². The van der Waals surface area contributed by atoms with Crippen LogP contribution in [0.1, 0.15) is 58.3 Å². The summed E-state index contributed by atoms with van der Waals surface area (Å²) in [6.45, 7) is 3.33. The molecule has 1 heterocycles. The van der Waals surface area contributed by atoms with Gasteiger partial charge in [0.2, 0.25) is 0 Å². The first kappa shape index (κ1) is 27.6. The Morgan fingerprint density at radius 1 is 1.00 bits per heavy atom. The maximum absolute atomic E-state index is 12.1. The molecular formula is C32H30ClNO3S. The molecule has 0 bridgehead atoms. The van der Waals surface area contributed by atoms with Gasteiger partial charge >= 0.3 is 5.97 Å². The van der Waals surface area contributed by atoms with Crippen LogP contribution in [0.2, 0.25) is 5.02 Å². The quantitative estimate of drug-likeness (QED) is 0.192. The van der Waals surface area contributed by atoms with Crippen LogP contribution in [-0.4, -0.2) is 27.6 Å². The fourth-order valence-corrected chi connectivity index (χ4v) is 5.74. The van der Waals surface area contributed by atoms with Gasteiger partial charge in [-0.15, -0.1) is 0 Å². The largest absolute Gasteiger partial charge is 0.481 e. The second-order valence-corrected chi connectivity index (χ2v) is 11.1. The molecule has 4 aromatic rings. The summed E-state index contributed by atoms with van der Waals surface area (Å²) in [5.41, 5.74) is 5.63. The van der Waals surface area contributed by atoms with Gasteiger partial charge in [0.1, 0.15) is 0 Å². The van der Waals surface area contributed by atoms with Gasteiger partial charge in [0.05, 0.1) is 17.1 Å². The Hall–Kier alpha value is -3.41. The SMILES string of the molecule is CC(=O)c1ccccc1CC[C@H](SC[C@@H](C)C(=O)O)c1cccc(/C=C/c2ccc3ccc(Cl)cc3n2)c1. The van der Waals surface area contributed by atoms with Gasteiger partial charge in [0, 0.05) is 27.0 Å². The van der Waals surface area contributed by atoms with Crippen molar-refractivity contribution in [3.63, 3.8) is 0 Å². The number of hydrogen-bond acceptors (Lipinski definition) is 4. The average Bonchev–Trinajstić information content (AvgIpc) is 2.91. The summed E-state index contributed by atoms with van der Waals surface area (Å²) in [5.74, 6) is -0.666. The number of thioether (sulfide) groups is 1. The minimum Gasteiger partial charge on any atom is -0.481 e. The molecule has 2 atom stereocenters. The van der Waals surface area contributed by atoms with E-state index in [1.54, 1.807) is 25.6 Å². The number of carbonyl (C=O) groups excluding carboxylic acids is 1. The number of aryl methyl sites for hydroxylation is 1. The minimum atomic E-state index is -0.793. The van der Waals surface area contributed by atoms with Crippen molar-refractivity contribution in [2.45, 2.75) is 31.9 Å². The zero-order valence-electron chi connectivity index (χ0n) is 21.4. The second kappa shape index (κ2) is 12.9. The molecular weight excluding hydrogens is 514 g/mol. The lowest BCUT2D eigenvalue weighted by atomic mass is 9.97. The van der Waals surface area contributed by atoms with E-state index in [1.165, 1.54) is 0 Å². The van der Waals surface area contributed by atoms with Crippen molar-refractivity contribution in [2.24, 2.45) is 5.92 Å². The van der Waals surface area contributed by atoms with Gasteiger partial charge in [0.25, 0.3) is 0 Å². The maximum atomic E-state index is 12.1. The molecule has 38 heavy (non-hydrogen) atoms. The van der Waals surface area contributed by atoms with E-state index in [4.69, 9.17) is 16.6 Å². The molecule has 0 aliphatic carbocycles. The molecule has 0 amide bonds. The highest BCUT2D eigenvalue weighted by Crippen LogP contribution is 2.35. The van der Waals surface area contributed by atoms with E-state index in [0.29, 0.717) is 10.8 Å². The number of halogens is 1. The van der Waals surface area contributed by atoms with Crippen LogP contribution in [0.4, 0.5) is 0 Å². The summed E-state index contributed by atoms with van der Waals surface area (Å²) in [6.07, 6.45) is 5.55. The van der Waals surface area contributed by atoms with Crippen molar-refractivity contribution in [3.8, 4) is 0 Å². The topological polar surface area (TPSA) is 67.3 Å². The number of hydrogen-bond donors (Lipinski definition) is 1. The molecule has 0 unspecified atom stereocenters. The molecule has 0 fully saturated rings. The van der Waals surface area contributed by atoms with E-state index in [0.717, 1.165) is 51.7 Å². The predicted octanol–water partition coefficient (Wildman–Crippen LogP) is 8.39. The first-order valence-electron chi connectivity index (χ1n) is 12.6. The van der Waals surface area contributed by atoms with Crippen molar-refractivity contribution in [3.05, 3.63) is 112 Å². The molecule has 3 aromatic carbocycles. The van der Waals surface area contributed by atoms with Gasteiger partial charge in [-0.05, 0) is 60.7 Å². The Morgan fingerprint density at radius 2 is 1.79 bits per heavy atom. The second-order valence-electron chi connectivity index (χ2n) is 9.39. The predicted molar refractivity (Wildman–Crippen MR) is 159 cm³/mol. The van der Waals surface area contributed by atoms with Gasteiger partial charge in [0.15, 0.2) is 5.78 Å². The number of fused-ring (bicyclic) bond motifs is 1. The van der Waals surface area contributed by atoms with E-state index < -0.39 is 11.9 Å². The van der Waals surface area contributed by atoms with Crippen molar-refractivity contribution in [1.29, 1.82) is 0 Å². The van der Waals surface area contributed by atoms with Crippen molar-refractivity contribution < 1.29 is 14.7 Å². The molecule has 4 nitrogen and oxygen atoms in total. The van der Waals surface area contributed by atoms with Crippen LogP contribution in [0.15, 0.2) is 78.9 Å². The number of benzene rings is 3. The van der Waals surface area contributed by atoms with E-state index in [2.05, 4.69) is 12.1 Å². The van der Waals surface area contributed by atoms with Crippen molar-refractivity contribution in [1.82, 2.24) is 4.98 Å². The van der Waals surface area contributed by atoms with Crippen LogP contribution >= 0.6 is 23.4 Å². The van der Waals surface area contributed by atoms with Gasteiger partial charge in [-0.1, -0.05) is 85.3 Å². The molecule has 0 aliphatic heterocycles. The van der Waals surface area contributed by atoms with Gasteiger partial charge < -0.3 is 5.11 Å². The van der Waals surface area contributed by atoms with Gasteiger partial charge in [-0.3, -0.25) is 9.59 Å². The molecule has 1 aromatic heterocycles. The number of carbonyl (C=O) groups is 2. The molecule has 1 N–H and O–H groups in total. The minimum absolute atomic E-state index is 0.0565. The normalized spacial score (nSPS) is 13.0. The number of carboxylic acids is 1. The highest BCUT2D eigenvalue weighted by atomic mass is 35.5. The summed E-state index contributed by atoms with van der Waals surface area (Å²) in [6, 6.07) is 25.7. The monoisotopic (exact) mass is 543 g/mol.